The Morgan fingerprint density at radius 2 is 1.90 bits per heavy atom. The summed E-state index contributed by atoms with van der Waals surface area (Å²) in [4.78, 5) is 47.4. The predicted octanol–water partition coefficient (Wildman–Crippen LogP) is 4.55. The molecule has 2 fully saturated rings. The maximum absolute atomic E-state index is 14.4. The molecule has 1 saturated heterocycles. The lowest BCUT2D eigenvalue weighted by Gasteiger charge is -2.44. The minimum absolute atomic E-state index is 0.0681. The number of rotatable bonds is 6. The zero-order chi connectivity index (χ0) is 34.7. The molecule has 0 bridgehead atoms. The Bertz CT molecular complexity index is 2150. The number of hydrogen-bond acceptors (Lipinski definition) is 8. The van der Waals surface area contributed by atoms with Crippen LogP contribution in [-0.2, 0) is 32.8 Å². The summed E-state index contributed by atoms with van der Waals surface area (Å²) in [6, 6.07) is 6.94. The summed E-state index contributed by atoms with van der Waals surface area (Å²) in [5.74, 6) is -3.21. The molecule has 4 aromatic rings. The van der Waals surface area contributed by atoms with Gasteiger partial charge >= 0.3 is 0 Å². The van der Waals surface area contributed by atoms with Gasteiger partial charge in [-0.2, -0.15) is 9.50 Å². The molecular weight excluding hydrogens is 674 g/mol. The molecule has 0 atom stereocenters. The second-order valence-corrected chi connectivity index (χ2v) is 13.6. The van der Waals surface area contributed by atoms with Gasteiger partial charge in [0.25, 0.3) is 11.5 Å². The van der Waals surface area contributed by atoms with Crippen LogP contribution in [0.15, 0.2) is 41.2 Å². The third kappa shape index (κ3) is 5.74. The lowest BCUT2D eigenvalue weighted by molar-refractivity contribution is -0.117. The standard InChI is InChI=1S/C35H33ClF2N6O6/c36-24-15-21(19-1-2-19)3-4-26(24)39-28(45)18-43-27-7-14-50-35(8-10-42(11-9-35)32(47)23-16-22(37)17-25(38)30(23)46)29(27)33(48)44-34(43)40-31(41-44)20-5-12-49-13-6-20/h3-5,15-17,19,46H,1-2,6-14,18H2,(H,39,45). The summed E-state index contributed by atoms with van der Waals surface area (Å²) in [7, 11) is 0. The van der Waals surface area contributed by atoms with Crippen molar-refractivity contribution in [3.63, 3.8) is 0 Å². The van der Waals surface area contributed by atoms with Crippen LogP contribution < -0.4 is 10.9 Å². The van der Waals surface area contributed by atoms with Gasteiger partial charge in [0.1, 0.15) is 18.0 Å². The number of piperidine rings is 1. The van der Waals surface area contributed by atoms with Gasteiger partial charge in [0.2, 0.25) is 11.7 Å². The quantitative estimate of drug-likeness (QED) is 0.298. The second kappa shape index (κ2) is 12.6. The molecule has 1 saturated carbocycles. The summed E-state index contributed by atoms with van der Waals surface area (Å²) in [5, 5.41) is 18.1. The molecule has 2 aromatic heterocycles. The van der Waals surface area contributed by atoms with E-state index in [0.29, 0.717) is 65.8 Å². The molecule has 50 heavy (non-hydrogen) atoms. The van der Waals surface area contributed by atoms with E-state index >= 15 is 0 Å². The number of aromatic hydroxyl groups is 1. The van der Waals surface area contributed by atoms with E-state index in [9.17, 15) is 28.3 Å². The van der Waals surface area contributed by atoms with Crippen LogP contribution in [0.2, 0.25) is 5.02 Å². The van der Waals surface area contributed by atoms with Crippen LogP contribution in [-0.4, -0.2) is 73.9 Å². The molecule has 5 heterocycles. The number of likely N-dealkylation sites (tertiary alicyclic amines) is 1. The van der Waals surface area contributed by atoms with Crippen molar-refractivity contribution in [2.75, 3.05) is 38.2 Å². The highest BCUT2D eigenvalue weighted by molar-refractivity contribution is 6.33. The first kappa shape index (κ1) is 32.5. The van der Waals surface area contributed by atoms with Crippen LogP contribution >= 0.6 is 11.6 Å². The normalized spacial score (nSPS) is 18.6. The summed E-state index contributed by atoms with van der Waals surface area (Å²) < 4.78 is 42.7. The number of aromatic nitrogens is 4. The van der Waals surface area contributed by atoms with E-state index in [1.807, 2.05) is 18.2 Å². The molecule has 4 aliphatic rings. The van der Waals surface area contributed by atoms with E-state index in [0.717, 1.165) is 30.0 Å². The fourth-order valence-electron chi connectivity index (χ4n) is 7.27. The number of nitrogens with zero attached hydrogens (tertiary/aromatic N) is 5. The number of phenolic OH excluding ortho intramolecular Hbond substituents is 1. The fourth-order valence-corrected chi connectivity index (χ4v) is 7.50. The van der Waals surface area contributed by atoms with Crippen LogP contribution in [0, 0.1) is 11.6 Å². The summed E-state index contributed by atoms with van der Waals surface area (Å²) >= 11 is 6.56. The number of hydrogen-bond donors (Lipinski definition) is 2. The third-order valence-corrected chi connectivity index (χ3v) is 10.3. The monoisotopic (exact) mass is 706 g/mol. The Balaban J connectivity index is 1.15. The van der Waals surface area contributed by atoms with E-state index in [1.165, 1.54) is 9.42 Å². The largest absolute Gasteiger partial charge is 0.504 e. The van der Waals surface area contributed by atoms with Crippen molar-refractivity contribution < 1.29 is 33.0 Å². The highest BCUT2D eigenvalue weighted by atomic mass is 35.5. The number of amides is 2. The van der Waals surface area contributed by atoms with Gasteiger partial charge in [0, 0.05) is 31.3 Å². The molecule has 2 amide bonds. The van der Waals surface area contributed by atoms with Gasteiger partial charge in [0.05, 0.1) is 41.7 Å². The van der Waals surface area contributed by atoms with Crippen LogP contribution in [0.5, 0.6) is 5.75 Å². The number of nitrogens with one attached hydrogen (secondary N) is 1. The second-order valence-electron chi connectivity index (χ2n) is 13.1. The average molecular weight is 707 g/mol. The Labute approximate surface area is 289 Å². The minimum atomic E-state index is -1.23. The summed E-state index contributed by atoms with van der Waals surface area (Å²) in [6.07, 6.45) is 5.32. The first-order valence-corrected chi connectivity index (χ1v) is 17.0. The molecule has 0 unspecified atom stereocenters. The van der Waals surface area contributed by atoms with Crippen molar-refractivity contribution >= 4 is 40.5 Å². The predicted molar refractivity (Wildman–Crippen MR) is 177 cm³/mol. The molecule has 2 aromatic carbocycles. The lowest BCUT2D eigenvalue weighted by atomic mass is 9.81. The van der Waals surface area contributed by atoms with Crippen LogP contribution in [0.1, 0.15) is 71.0 Å². The first-order chi connectivity index (χ1) is 24.1. The van der Waals surface area contributed by atoms with Crippen LogP contribution in [0.25, 0.3) is 11.4 Å². The van der Waals surface area contributed by atoms with E-state index in [1.54, 1.807) is 10.6 Å². The number of benzene rings is 2. The van der Waals surface area contributed by atoms with Crippen molar-refractivity contribution in [3.05, 3.63) is 91.6 Å². The molecule has 3 aliphatic heterocycles. The third-order valence-electron chi connectivity index (χ3n) is 10.0. The van der Waals surface area contributed by atoms with Gasteiger partial charge in [-0.3, -0.25) is 14.4 Å². The molecular formula is C35H33ClF2N6O6. The number of halogens is 3. The first-order valence-electron chi connectivity index (χ1n) is 16.6. The zero-order valence-electron chi connectivity index (χ0n) is 26.9. The van der Waals surface area contributed by atoms with Gasteiger partial charge in [-0.15, -0.1) is 5.10 Å². The topological polar surface area (TPSA) is 140 Å². The number of phenols is 1. The van der Waals surface area contributed by atoms with E-state index in [-0.39, 0.29) is 50.8 Å². The molecule has 12 nitrogen and oxygen atoms in total. The van der Waals surface area contributed by atoms with Crippen LogP contribution in [0.4, 0.5) is 14.5 Å². The molecule has 1 spiro atoms. The van der Waals surface area contributed by atoms with Crippen LogP contribution in [0.3, 0.4) is 0 Å². The number of ether oxygens (including phenoxy) is 2. The molecule has 0 radical (unpaired) electrons. The van der Waals surface area contributed by atoms with Gasteiger partial charge in [-0.25, -0.2) is 8.78 Å². The van der Waals surface area contributed by atoms with Gasteiger partial charge in [-0.05, 0) is 67.4 Å². The smallest absolute Gasteiger partial charge is 0.282 e. The Morgan fingerprint density at radius 1 is 1.10 bits per heavy atom. The lowest BCUT2D eigenvalue weighted by Crippen LogP contribution is -2.52. The van der Waals surface area contributed by atoms with E-state index < -0.39 is 40.0 Å². The number of carbonyl (C=O) groups excluding carboxylic acids is 2. The van der Waals surface area contributed by atoms with Gasteiger partial charge in [-0.1, -0.05) is 23.7 Å². The molecule has 8 rings (SSSR count). The minimum Gasteiger partial charge on any atom is -0.504 e. The van der Waals surface area contributed by atoms with Crippen molar-refractivity contribution in [1.29, 1.82) is 0 Å². The maximum atomic E-state index is 14.4. The molecule has 2 N–H and O–H groups in total. The number of anilines is 1. The van der Waals surface area contributed by atoms with Crippen molar-refractivity contribution in [1.82, 2.24) is 24.1 Å². The molecule has 1 aliphatic carbocycles. The van der Waals surface area contributed by atoms with E-state index in [4.69, 9.17) is 26.1 Å². The number of fused-ring (bicyclic) bond motifs is 3. The SMILES string of the molecule is O=C(Cn1c2c(c(=O)n3nc(C4=CCOCC4)nc13)C1(CCN(C(=O)c3cc(F)cc(F)c3O)CC1)OCC2)Nc1ccc(C2CC2)cc1Cl. The molecule has 15 heteroatoms. The highest BCUT2D eigenvalue weighted by Crippen LogP contribution is 2.43. The summed E-state index contributed by atoms with van der Waals surface area (Å²) in [6.45, 7) is 1.04. The molecule has 260 valence electrons. The van der Waals surface area contributed by atoms with Crippen molar-refractivity contribution in [3.8, 4) is 5.75 Å². The van der Waals surface area contributed by atoms with Gasteiger partial charge < -0.3 is 29.4 Å². The van der Waals surface area contributed by atoms with E-state index in [2.05, 4.69) is 10.4 Å². The fraction of sp³-hybridized carbons (Fsp3) is 0.400. The zero-order valence-corrected chi connectivity index (χ0v) is 27.6. The summed E-state index contributed by atoms with van der Waals surface area (Å²) in [5.41, 5.74) is 1.26. The highest BCUT2D eigenvalue weighted by Gasteiger charge is 2.46. The maximum Gasteiger partial charge on any atom is 0.282 e. The van der Waals surface area contributed by atoms with Gasteiger partial charge in [0.15, 0.2) is 17.4 Å². The average Bonchev–Trinajstić information content (AvgIpc) is 3.87. The Kier molecular flexibility index (Phi) is 8.19. The van der Waals surface area contributed by atoms with Crippen molar-refractivity contribution in [2.45, 2.75) is 56.6 Å². The Hall–Kier alpha value is -4.66. The Morgan fingerprint density at radius 3 is 2.62 bits per heavy atom. The van der Waals surface area contributed by atoms with Crippen molar-refractivity contribution in [2.24, 2.45) is 0 Å². The number of carbonyl (C=O) groups is 2.